The third kappa shape index (κ3) is 6.60. The fourth-order valence-corrected chi connectivity index (χ4v) is 5.45. The number of nitrogens with one attached hydrogen (secondary N) is 1. The molecular weight excluding hydrogens is 603 g/mol. The molecule has 1 atom stereocenters. The first-order valence-corrected chi connectivity index (χ1v) is 15.0. The number of pyridine rings is 1. The Morgan fingerprint density at radius 2 is 1.77 bits per heavy atom. The van der Waals surface area contributed by atoms with Crippen molar-refractivity contribution in [3.8, 4) is 28.6 Å². The van der Waals surface area contributed by atoms with Crippen molar-refractivity contribution in [3.63, 3.8) is 0 Å². The van der Waals surface area contributed by atoms with Gasteiger partial charge in [0.05, 0.1) is 30.0 Å². The molecule has 0 saturated carbocycles. The van der Waals surface area contributed by atoms with Crippen LogP contribution in [-0.4, -0.2) is 78.0 Å². The fourth-order valence-electron chi connectivity index (χ4n) is 5.45. The number of nitriles is 1. The highest BCUT2D eigenvalue weighted by molar-refractivity contribution is 5.87. The van der Waals surface area contributed by atoms with Crippen molar-refractivity contribution in [2.45, 2.75) is 32.4 Å². The number of alkyl carbamates (subject to hydrolysis) is 1. The lowest BCUT2D eigenvalue weighted by molar-refractivity contribution is -0.134. The number of anilines is 1. The molecule has 1 aliphatic rings. The molecule has 1 N–H and O–H groups in total. The van der Waals surface area contributed by atoms with E-state index in [1.54, 1.807) is 59.5 Å². The van der Waals surface area contributed by atoms with E-state index in [-0.39, 0.29) is 5.56 Å². The van der Waals surface area contributed by atoms with Crippen LogP contribution in [0.15, 0.2) is 67.4 Å². The van der Waals surface area contributed by atoms with E-state index in [4.69, 9.17) is 14.7 Å². The minimum absolute atomic E-state index is 0.0658. The Bertz CT molecular complexity index is 1980. The zero-order chi connectivity index (χ0) is 33.3. The fraction of sp³-hybridized carbons (Fsp3) is 0.303. The van der Waals surface area contributed by atoms with Crippen LogP contribution < -0.4 is 10.2 Å². The molecule has 5 heterocycles. The summed E-state index contributed by atoms with van der Waals surface area (Å²) in [4.78, 5) is 39.5. The smallest absolute Gasteiger partial charge is 0.408 e. The minimum Gasteiger partial charge on any atom is -0.444 e. The van der Waals surface area contributed by atoms with Gasteiger partial charge < -0.3 is 19.9 Å². The Labute approximate surface area is 270 Å². The van der Waals surface area contributed by atoms with Gasteiger partial charge in [-0.3, -0.25) is 9.48 Å². The van der Waals surface area contributed by atoms with Crippen molar-refractivity contribution in [2.75, 3.05) is 31.1 Å². The average Bonchev–Trinajstić information content (AvgIpc) is 3.68. The van der Waals surface area contributed by atoms with Crippen LogP contribution in [0.25, 0.3) is 28.0 Å². The molecule has 13 nitrogen and oxygen atoms in total. The summed E-state index contributed by atoms with van der Waals surface area (Å²) in [6, 6.07) is 10.6. The summed E-state index contributed by atoms with van der Waals surface area (Å²) in [5, 5.41) is 20.9. The summed E-state index contributed by atoms with van der Waals surface area (Å²) in [7, 11) is 1.82. The van der Waals surface area contributed by atoms with E-state index in [1.807, 2.05) is 30.3 Å². The second-order valence-electron chi connectivity index (χ2n) is 12.2. The van der Waals surface area contributed by atoms with Gasteiger partial charge in [0.1, 0.15) is 40.4 Å². The molecule has 1 aromatic carbocycles. The van der Waals surface area contributed by atoms with Gasteiger partial charge in [-0.05, 0) is 39.0 Å². The number of rotatable bonds is 6. The monoisotopic (exact) mass is 636 g/mol. The van der Waals surface area contributed by atoms with E-state index >= 15 is 0 Å². The summed E-state index contributed by atoms with van der Waals surface area (Å²) >= 11 is 0. The molecule has 0 spiro atoms. The lowest BCUT2D eigenvalue weighted by atomic mass is 10.0. The minimum atomic E-state index is -1.25. The van der Waals surface area contributed by atoms with Crippen LogP contribution in [0.1, 0.15) is 37.9 Å². The molecule has 6 rings (SSSR count). The molecule has 5 aromatic rings. The Morgan fingerprint density at radius 3 is 2.40 bits per heavy atom. The number of aryl methyl sites for hydroxylation is 1. The first-order chi connectivity index (χ1) is 22.5. The predicted molar refractivity (Wildman–Crippen MR) is 170 cm³/mol. The highest BCUT2D eigenvalue weighted by atomic mass is 19.1. The Balaban J connectivity index is 1.19. The highest BCUT2D eigenvalue weighted by Gasteiger charge is 2.33. The second-order valence-corrected chi connectivity index (χ2v) is 12.2. The second kappa shape index (κ2) is 12.5. The number of fused-ring (bicyclic) bond motifs is 1. The van der Waals surface area contributed by atoms with Crippen LogP contribution >= 0.6 is 0 Å². The SMILES string of the molecule is Cn1cc(-c2cn3ncc(C#N)c3c(-c3ccc(N4CCN(C(=O)C(NC(=O)OC(C)(C)C)c5ccccc5F)CC4)nc3)n2)cn1. The van der Waals surface area contributed by atoms with Crippen molar-refractivity contribution < 1.29 is 18.7 Å². The third-order valence-corrected chi connectivity index (χ3v) is 7.68. The van der Waals surface area contributed by atoms with Gasteiger partial charge in [0.15, 0.2) is 0 Å². The van der Waals surface area contributed by atoms with Crippen molar-refractivity contribution in [1.29, 1.82) is 5.26 Å². The van der Waals surface area contributed by atoms with Gasteiger partial charge in [-0.15, -0.1) is 0 Å². The predicted octanol–water partition coefficient (Wildman–Crippen LogP) is 4.12. The third-order valence-electron chi connectivity index (χ3n) is 7.68. The van der Waals surface area contributed by atoms with Gasteiger partial charge in [0, 0.05) is 62.3 Å². The Hall–Kier alpha value is -5.84. The summed E-state index contributed by atoms with van der Waals surface area (Å²) in [5.74, 6) is -0.325. The lowest BCUT2D eigenvalue weighted by Crippen LogP contribution is -2.52. The molecule has 47 heavy (non-hydrogen) atoms. The highest BCUT2D eigenvalue weighted by Crippen LogP contribution is 2.30. The number of aromatic nitrogens is 6. The van der Waals surface area contributed by atoms with Gasteiger partial charge in [-0.2, -0.15) is 15.5 Å². The largest absolute Gasteiger partial charge is 0.444 e. The van der Waals surface area contributed by atoms with Crippen LogP contribution in [0.4, 0.5) is 15.0 Å². The number of nitrogens with zero attached hydrogens (tertiary/aromatic N) is 9. The standard InChI is InChI=1S/C33H33FN10O3/c1-33(2,3)47-32(46)40-29(24-7-5-6-8-25(24)34)31(45)43-13-11-42(12-14-43)27-10-9-21(16-36-27)28-30-22(15-35)17-38-44(30)20-26(39-28)23-18-37-41(4)19-23/h5-10,16-20,29H,11-14H2,1-4H3,(H,40,46). The van der Waals surface area contributed by atoms with Crippen LogP contribution in [0, 0.1) is 17.1 Å². The van der Waals surface area contributed by atoms with E-state index < -0.39 is 29.5 Å². The quantitative estimate of drug-likeness (QED) is 0.291. The number of hydrogen-bond donors (Lipinski definition) is 1. The van der Waals surface area contributed by atoms with Crippen LogP contribution in [0.3, 0.4) is 0 Å². The van der Waals surface area contributed by atoms with Gasteiger partial charge in [0.2, 0.25) is 5.91 Å². The maximum Gasteiger partial charge on any atom is 0.408 e. The molecule has 0 radical (unpaired) electrons. The molecule has 0 bridgehead atoms. The zero-order valence-corrected chi connectivity index (χ0v) is 26.4. The van der Waals surface area contributed by atoms with E-state index in [0.29, 0.717) is 60.0 Å². The summed E-state index contributed by atoms with van der Waals surface area (Å²) < 4.78 is 23.5. The van der Waals surface area contributed by atoms with Gasteiger partial charge >= 0.3 is 6.09 Å². The number of carbonyl (C=O) groups is 2. The number of ether oxygens (including phenoxy) is 1. The number of benzene rings is 1. The molecule has 1 aliphatic heterocycles. The van der Waals surface area contributed by atoms with Crippen LogP contribution in [0.5, 0.6) is 0 Å². The number of hydrogen-bond acceptors (Lipinski definition) is 9. The molecule has 14 heteroatoms. The lowest BCUT2D eigenvalue weighted by Gasteiger charge is -2.37. The van der Waals surface area contributed by atoms with Crippen molar-refractivity contribution in [2.24, 2.45) is 7.05 Å². The number of halogens is 1. The summed E-state index contributed by atoms with van der Waals surface area (Å²) in [5.41, 5.74) is 2.96. The van der Waals surface area contributed by atoms with Gasteiger partial charge in [-0.25, -0.2) is 23.7 Å². The molecule has 0 aliphatic carbocycles. The van der Waals surface area contributed by atoms with Crippen LogP contribution in [0.2, 0.25) is 0 Å². The van der Waals surface area contributed by atoms with E-state index in [2.05, 4.69) is 21.6 Å². The van der Waals surface area contributed by atoms with Crippen molar-refractivity contribution in [1.82, 2.24) is 39.6 Å². The first kappa shape index (κ1) is 31.2. The molecule has 1 saturated heterocycles. The van der Waals surface area contributed by atoms with Gasteiger partial charge in [0.25, 0.3) is 0 Å². The Morgan fingerprint density at radius 1 is 1.00 bits per heavy atom. The summed E-state index contributed by atoms with van der Waals surface area (Å²) in [6.45, 7) is 6.74. The molecular formula is C33H33FN10O3. The van der Waals surface area contributed by atoms with Crippen LogP contribution in [-0.2, 0) is 16.6 Å². The average molecular weight is 637 g/mol. The molecule has 1 fully saturated rings. The number of amides is 2. The first-order valence-electron chi connectivity index (χ1n) is 15.0. The van der Waals surface area contributed by atoms with E-state index in [9.17, 15) is 19.2 Å². The summed E-state index contributed by atoms with van der Waals surface area (Å²) in [6.07, 6.45) is 7.73. The molecule has 240 valence electrons. The molecule has 4 aromatic heterocycles. The van der Waals surface area contributed by atoms with E-state index in [1.165, 1.54) is 24.4 Å². The van der Waals surface area contributed by atoms with Crippen molar-refractivity contribution in [3.05, 3.63) is 84.3 Å². The topological polar surface area (TPSA) is 147 Å². The van der Waals surface area contributed by atoms with Gasteiger partial charge in [-0.1, -0.05) is 18.2 Å². The number of piperazine rings is 1. The molecule has 2 amide bonds. The zero-order valence-electron chi connectivity index (χ0n) is 26.4. The number of carbonyl (C=O) groups excluding carboxylic acids is 2. The van der Waals surface area contributed by atoms with E-state index in [0.717, 1.165) is 5.56 Å². The normalized spacial score (nSPS) is 14.1. The molecule has 1 unspecified atom stereocenters. The Kier molecular flexibility index (Phi) is 8.29. The van der Waals surface area contributed by atoms with Crippen molar-refractivity contribution >= 4 is 23.3 Å². The maximum atomic E-state index is 14.8. The maximum absolute atomic E-state index is 14.8.